The van der Waals surface area contributed by atoms with Crippen LogP contribution in [0, 0.1) is 17.7 Å². The Labute approximate surface area is 247 Å². The molecule has 0 aliphatic heterocycles. The first-order valence-electron chi connectivity index (χ1n) is 15.8. The monoisotopic (exact) mass is 544 g/mol. The van der Waals surface area contributed by atoms with Crippen LogP contribution in [0.1, 0.15) is 92.5 Å². The number of hydrogen-bond acceptors (Lipinski definition) is 0. The van der Waals surface area contributed by atoms with Crippen molar-refractivity contribution >= 4 is 12.2 Å². The van der Waals surface area contributed by atoms with E-state index in [1.54, 1.807) is 6.07 Å². The van der Waals surface area contributed by atoms with Crippen molar-refractivity contribution in [3.63, 3.8) is 0 Å². The topological polar surface area (TPSA) is 0 Å². The van der Waals surface area contributed by atoms with E-state index in [-0.39, 0.29) is 5.82 Å². The van der Waals surface area contributed by atoms with Gasteiger partial charge in [-0.15, -0.1) is 0 Å². The van der Waals surface area contributed by atoms with Crippen molar-refractivity contribution in [3.05, 3.63) is 131 Å². The van der Waals surface area contributed by atoms with Crippen LogP contribution < -0.4 is 0 Å². The quantitative estimate of drug-likeness (QED) is 0.165. The molecule has 0 nitrogen and oxygen atoms in total. The van der Waals surface area contributed by atoms with Crippen LogP contribution in [0.2, 0.25) is 0 Å². The Hall–Kier alpha value is -3.45. The van der Waals surface area contributed by atoms with Gasteiger partial charge in [-0.3, -0.25) is 0 Å². The van der Waals surface area contributed by atoms with Crippen molar-refractivity contribution in [2.45, 2.75) is 77.6 Å². The maximum Gasteiger partial charge on any atom is 0.130 e. The van der Waals surface area contributed by atoms with Gasteiger partial charge in [0.2, 0.25) is 0 Å². The highest BCUT2D eigenvalue weighted by Crippen LogP contribution is 2.34. The van der Waals surface area contributed by atoms with E-state index in [2.05, 4.69) is 98.8 Å². The van der Waals surface area contributed by atoms with Crippen molar-refractivity contribution in [1.82, 2.24) is 0 Å². The summed E-state index contributed by atoms with van der Waals surface area (Å²) in [6, 6.07) is 33.9. The molecule has 212 valence electrons. The summed E-state index contributed by atoms with van der Waals surface area (Å²) in [5.41, 5.74) is 7.99. The van der Waals surface area contributed by atoms with E-state index >= 15 is 0 Å². The minimum absolute atomic E-state index is 0.122. The lowest BCUT2D eigenvalue weighted by molar-refractivity contribution is 0.252. The third kappa shape index (κ3) is 8.29. The van der Waals surface area contributed by atoms with Crippen LogP contribution in [0.5, 0.6) is 0 Å². The highest BCUT2D eigenvalue weighted by atomic mass is 19.1. The van der Waals surface area contributed by atoms with Crippen LogP contribution in [-0.2, 0) is 12.8 Å². The van der Waals surface area contributed by atoms with Crippen LogP contribution >= 0.6 is 0 Å². The average Bonchev–Trinajstić information content (AvgIpc) is 3.01. The zero-order chi connectivity index (χ0) is 28.4. The van der Waals surface area contributed by atoms with E-state index in [4.69, 9.17) is 0 Å². The third-order valence-corrected chi connectivity index (χ3v) is 9.13. The molecule has 1 heteroatoms. The predicted molar refractivity (Wildman–Crippen MR) is 174 cm³/mol. The standard InChI is InChI=1S/C40H45F/c1-3-7-31-10-12-32(13-11-31)14-15-35-21-27-39(40(41)29-35)26-18-33-16-22-37(23-17-33)38-24-19-34(20-25-38)28-30(2)36-8-5-4-6-9-36/h4-6,8-9,16-27,29-32H,3,7,10-15,28H2,1-2H3/b26-18+. The second-order valence-electron chi connectivity index (χ2n) is 12.2. The molecule has 0 aromatic heterocycles. The molecule has 0 spiro atoms. The third-order valence-electron chi connectivity index (χ3n) is 9.13. The molecule has 0 saturated heterocycles. The van der Waals surface area contributed by atoms with Crippen molar-refractivity contribution < 1.29 is 4.39 Å². The molecule has 1 unspecified atom stereocenters. The molecule has 1 aliphatic carbocycles. The minimum Gasteiger partial charge on any atom is -0.206 e. The molecule has 1 fully saturated rings. The summed E-state index contributed by atoms with van der Waals surface area (Å²) in [6.45, 7) is 4.58. The van der Waals surface area contributed by atoms with E-state index in [0.717, 1.165) is 35.8 Å². The Morgan fingerprint density at radius 1 is 0.707 bits per heavy atom. The van der Waals surface area contributed by atoms with Crippen molar-refractivity contribution in [2.24, 2.45) is 11.8 Å². The van der Waals surface area contributed by atoms with E-state index < -0.39 is 0 Å². The van der Waals surface area contributed by atoms with Gasteiger partial charge in [0.15, 0.2) is 0 Å². The highest BCUT2D eigenvalue weighted by Gasteiger charge is 2.20. The molecular formula is C40H45F. The summed E-state index contributed by atoms with van der Waals surface area (Å²) in [7, 11) is 0. The largest absolute Gasteiger partial charge is 0.206 e. The highest BCUT2D eigenvalue weighted by molar-refractivity contribution is 5.72. The molecule has 0 bridgehead atoms. The number of hydrogen-bond donors (Lipinski definition) is 0. The zero-order valence-electron chi connectivity index (χ0n) is 24.9. The summed E-state index contributed by atoms with van der Waals surface area (Å²) >= 11 is 0. The summed E-state index contributed by atoms with van der Waals surface area (Å²) in [5, 5.41) is 0. The molecule has 0 heterocycles. The predicted octanol–water partition coefficient (Wildman–Crippen LogP) is 11.5. The molecule has 0 N–H and O–H groups in total. The zero-order valence-corrected chi connectivity index (χ0v) is 24.9. The fraction of sp³-hybridized carbons (Fsp3) is 0.350. The Morgan fingerprint density at radius 3 is 1.95 bits per heavy atom. The minimum atomic E-state index is -0.122. The van der Waals surface area contributed by atoms with Crippen LogP contribution in [0.4, 0.5) is 4.39 Å². The molecule has 1 atom stereocenters. The van der Waals surface area contributed by atoms with Crippen molar-refractivity contribution in [2.75, 3.05) is 0 Å². The van der Waals surface area contributed by atoms with Crippen molar-refractivity contribution in [1.29, 1.82) is 0 Å². The van der Waals surface area contributed by atoms with Crippen LogP contribution in [0.15, 0.2) is 97.1 Å². The first-order chi connectivity index (χ1) is 20.1. The fourth-order valence-corrected chi connectivity index (χ4v) is 6.51. The Morgan fingerprint density at radius 2 is 1.32 bits per heavy atom. The van der Waals surface area contributed by atoms with Gasteiger partial charge in [-0.25, -0.2) is 4.39 Å². The number of halogens is 1. The van der Waals surface area contributed by atoms with Gasteiger partial charge in [0.1, 0.15) is 5.82 Å². The summed E-state index contributed by atoms with van der Waals surface area (Å²) < 4.78 is 14.9. The Bertz CT molecular complexity index is 1370. The van der Waals surface area contributed by atoms with Gasteiger partial charge in [-0.05, 0) is 76.5 Å². The van der Waals surface area contributed by atoms with Gasteiger partial charge >= 0.3 is 0 Å². The maximum absolute atomic E-state index is 14.9. The molecule has 1 aliphatic rings. The Kier molecular flexibility index (Phi) is 10.2. The number of benzene rings is 4. The van der Waals surface area contributed by atoms with Gasteiger partial charge in [0.05, 0.1) is 0 Å². The van der Waals surface area contributed by atoms with E-state index in [1.165, 1.54) is 67.2 Å². The van der Waals surface area contributed by atoms with Crippen LogP contribution in [0.3, 0.4) is 0 Å². The summed E-state index contributed by atoms with van der Waals surface area (Å²) in [4.78, 5) is 0. The van der Waals surface area contributed by atoms with Gasteiger partial charge in [-0.2, -0.15) is 0 Å². The molecule has 4 aromatic carbocycles. The summed E-state index contributed by atoms with van der Waals surface area (Å²) in [6.07, 6.45) is 15.3. The van der Waals surface area contributed by atoms with E-state index in [9.17, 15) is 4.39 Å². The van der Waals surface area contributed by atoms with Gasteiger partial charge in [0.25, 0.3) is 0 Å². The lowest BCUT2D eigenvalue weighted by atomic mass is 9.78. The molecule has 0 amide bonds. The molecule has 5 rings (SSSR count). The lowest BCUT2D eigenvalue weighted by Gasteiger charge is -2.28. The van der Waals surface area contributed by atoms with Crippen LogP contribution in [0.25, 0.3) is 23.3 Å². The molecule has 4 aromatic rings. The average molecular weight is 545 g/mol. The molecule has 0 radical (unpaired) electrons. The first-order valence-corrected chi connectivity index (χ1v) is 15.8. The molecule has 1 saturated carbocycles. The Balaban J connectivity index is 1.12. The second kappa shape index (κ2) is 14.4. The molecule has 41 heavy (non-hydrogen) atoms. The normalized spacial score (nSPS) is 18.0. The van der Waals surface area contributed by atoms with Gasteiger partial charge in [0, 0.05) is 5.56 Å². The van der Waals surface area contributed by atoms with E-state index in [0.29, 0.717) is 11.5 Å². The molecular weight excluding hydrogens is 499 g/mol. The number of aryl methyl sites for hydroxylation is 1. The fourth-order valence-electron chi connectivity index (χ4n) is 6.51. The van der Waals surface area contributed by atoms with Gasteiger partial charge in [-0.1, -0.05) is 156 Å². The van der Waals surface area contributed by atoms with Crippen LogP contribution in [-0.4, -0.2) is 0 Å². The smallest absolute Gasteiger partial charge is 0.130 e. The second-order valence-corrected chi connectivity index (χ2v) is 12.2. The van der Waals surface area contributed by atoms with Crippen molar-refractivity contribution in [3.8, 4) is 11.1 Å². The van der Waals surface area contributed by atoms with E-state index in [1.807, 2.05) is 18.2 Å². The lowest BCUT2D eigenvalue weighted by Crippen LogP contribution is -2.15. The first kappa shape index (κ1) is 29.1. The SMILES string of the molecule is CCCC1CCC(CCc2ccc(/C=C/c3ccc(-c4ccc(CC(C)c5ccccc5)cc4)cc3)c(F)c2)CC1. The maximum atomic E-state index is 14.9. The van der Waals surface area contributed by atoms with Gasteiger partial charge < -0.3 is 0 Å². The summed E-state index contributed by atoms with van der Waals surface area (Å²) in [5.74, 6) is 2.13. The number of rotatable bonds is 11.